The van der Waals surface area contributed by atoms with Crippen LogP contribution in [0, 0.1) is 0 Å². The Labute approximate surface area is 91.7 Å². The Morgan fingerprint density at radius 1 is 1.12 bits per heavy atom. The first-order valence-corrected chi connectivity index (χ1v) is 4.49. The number of nitrogens with zero attached hydrogens (tertiary/aromatic N) is 3. The van der Waals surface area contributed by atoms with Gasteiger partial charge in [-0.2, -0.15) is 0 Å². The highest BCUT2D eigenvalue weighted by Gasteiger charge is 2.17. The fourth-order valence-corrected chi connectivity index (χ4v) is 1.45. The third-order valence-corrected chi connectivity index (χ3v) is 2.15. The first-order valence-electron chi connectivity index (χ1n) is 4.11. The molecule has 0 spiro atoms. The summed E-state index contributed by atoms with van der Waals surface area (Å²) >= 11 is 5.61. The van der Waals surface area contributed by atoms with Gasteiger partial charge in [-0.25, -0.2) is 27.1 Å². The zero-order valence-corrected chi connectivity index (χ0v) is 8.30. The molecule has 2 aromatic heterocycles. The Morgan fingerprint density at radius 3 is 2.38 bits per heavy atom. The van der Waals surface area contributed by atoms with E-state index in [1.54, 1.807) is 0 Å². The number of aromatic nitrogens is 3. The van der Waals surface area contributed by atoms with Crippen molar-refractivity contribution in [2.24, 2.45) is 0 Å². The van der Waals surface area contributed by atoms with Gasteiger partial charge in [0.15, 0.2) is 5.65 Å². The summed E-state index contributed by atoms with van der Waals surface area (Å²) in [5.41, 5.74) is -0.510. The van der Waals surface area contributed by atoms with Crippen molar-refractivity contribution in [1.29, 1.82) is 0 Å². The van der Waals surface area contributed by atoms with E-state index in [9.17, 15) is 17.6 Å². The van der Waals surface area contributed by atoms with Gasteiger partial charge in [0.05, 0.1) is 0 Å². The summed E-state index contributed by atoms with van der Waals surface area (Å²) in [5, 5.41) is 3.20. The number of pyridine rings is 1. The molecule has 2 rings (SSSR count). The van der Waals surface area contributed by atoms with Crippen LogP contribution in [0.4, 0.5) is 17.6 Å². The Hall–Kier alpha value is -1.37. The van der Waals surface area contributed by atoms with Crippen molar-refractivity contribution in [3.63, 3.8) is 0 Å². The minimum atomic E-state index is -2.87. The molecule has 8 heteroatoms. The smallest absolute Gasteiger partial charge is 0.206 e. The molecule has 0 saturated heterocycles. The predicted octanol–water partition coefficient (Wildman–Crippen LogP) is 3.26. The summed E-state index contributed by atoms with van der Waals surface area (Å²) in [7, 11) is 0. The molecule has 0 bridgehead atoms. The molecular formula is C8H4ClF4N3. The highest BCUT2D eigenvalue weighted by molar-refractivity contribution is 6.29. The molecule has 3 nitrogen and oxygen atoms in total. The third-order valence-electron chi connectivity index (χ3n) is 1.88. The van der Waals surface area contributed by atoms with Crippen molar-refractivity contribution in [3.8, 4) is 0 Å². The quantitative estimate of drug-likeness (QED) is 0.607. The molecule has 0 aromatic carbocycles. The monoisotopic (exact) mass is 253 g/mol. The average molecular weight is 254 g/mol. The molecular weight excluding hydrogens is 250 g/mol. The third kappa shape index (κ3) is 1.82. The first kappa shape index (κ1) is 11.1. The first-order chi connectivity index (χ1) is 7.49. The summed E-state index contributed by atoms with van der Waals surface area (Å²) in [5.74, 6) is -0.742. The number of halogens is 5. The average Bonchev–Trinajstić information content (AvgIpc) is 2.61. The fraction of sp³-hybridized carbons (Fsp3) is 0.250. The molecule has 16 heavy (non-hydrogen) atoms. The number of fused-ring (bicyclic) bond motifs is 1. The van der Waals surface area contributed by atoms with Crippen LogP contribution >= 0.6 is 11.6 Å². The van der Waals surface area contributed by atoms with Gasteiger partial charge in [-0.1, -0.05) is 11.6 Å². The molecule has 0 aliphatic heterocycles. The van der Waals surface area contributed by atoms with Gasteiger partial charge in [0.2, 0.25) is 5.82 Å². The van der Waals surface area contributed by atoms with Crippen LogP contribution in [0.5, 0.6) is 0 Å². The maximum atomic E-state index is 12.4. The van der Waals surface area contributed by atoms with Crippen LogP contribution in [0.25, 0.3) is 5.65 Å². The van der Waals surface area contributed by atoms with Gasteiger partial charge in [-0.15, -0.1) is 5.10 Å². The minimum Gasteiger partial charge on any atom is -0.206 e. The molecule has 2 aromatic rings. The summed E-state index contributed by atoms with van der Waals surface area (Å²) < 4.78 is 50.2. The maximum Gasteiger partial charge on any atom is 0.299 e. The van der Waals surface area contributed by atoms with Gasteiger partial charge >= 0.3 is 0 Å². The normalized spacial score (nSPS) is 11.9. The Morgan fingerprint density at radius 2 is 1.81 bits per heavy atom. The second-order valence-electron chi connectivity index (χ2n) is 2.95. The molecule has 0 fully saturated rings. The molecule has 0 N–H and O–H groups in total. The molecule has 0 radical (unpaired) electrons. The van der Waals surface area contributed by atoms with Crippen molar-refractivity contribution in [2.75, 3.05) is 0 Å². The van der Waals surface area contributed by atoms with E-state index in [0.717, 1.165) is 16.6 Å². The van der Waals surface area contributed by atoms with Gasteiger partial charge in [0.25, 0.3) is 12.9 Å². The molecule has 2 heterocycles. The van der Waals surface area contributed by atoms with Crippen molar-refractivity contribution in [2.45, 2.75) is 12.9 Å². The van der Waals surface area contributed by atoms with Crippen LogP contribution in [0.3, 0.4) is 0 Å². The Kier molecular flexibility index (Phi) is 2.71. The maximum absolute atomic E-state index is 12.4. The van der Waals surface area contributed by atoms with Gasteiger partial charge in [0, 0.05) is 5.56 Å². The van der Waals surface area contributed by atoms with Crippen molar-refractivity contribution < 1.29 is 17.6 Å². The lowest BCUT2D eigenvalue weighted by molar-refractivity contribution is 0.140. The summed E-state index contributed by atoms with van der Waals surface area (Å²) in [6.07, 6.45) is -5.61. The topological polar surface area (TPSA) is 30.2 Å². The van der Waals surface area contributed by atoms with Crippen LogP contribution in [-0.2, 0) is 0 Å². The lowest BCUT2D eigenvalue weighted by atomic mass is 10.3. The summed E-state index contributed by atoms with van der Waals surface area (Å²) in [6, 6.07) is 1.93. The van der Waals surface area contributed by atoms with Gasteiger partial charge in [0.1, 0.15) is 5.15 Å². The lowest BCUT2D eigenvalue weighted by Crippen LogP contribution is -1.94. The SMILES string of the molecule is FC(F)c1cc(Cl)n2nc(C(F)F)nc2c1. The summed E-state index contributed by atoms with van der Waals surface area (Å²) in [6.45, 7) is 0. The Bertz CT molecular complexity index is 525. The predicted molar refractivity (Wildman–Crippen MR) is 47.9 cm³/mol. The van der Waals surface area contributed by atoms with Crippen molar-refractivity contribution >= 4 is 17.2 Å². The largest absolute Gasteiger partial charge is 0.299 e. The van der Waals surface area contributed by atoms with Crippen LogP contribution in [-0.4, -0.2) is 14.6 Å². The number of alkyl halides is 4. The lowest BCUT2D eigenvalue weighted by Gasteiger charge is -2.01. The van der Waals surface area contributed by atoms with Crippen LogP contribution in [0.15, 0.2) is 12.1 Å². The fourth-order valence-electron chi connectivity index (χ4n) is 1.20. The van der Waals surface area contributed by atoms with E-state index in [2.05, 4.69) is 10.1 Å². The molecule has 0 amide bonds. The highest BCUT2D eigenvalue weighted by Crippen LogP contribution is 2.25. The molecule has 86 valence electrons. The van der Waals surface area contributed by atoms with E-state index in [1.165, 1.54) is 0 Å². The van der Waals surface area contributed by atoms with Crippen LogP contribution in [0.2, 0.25) is 5.15 Å². The van der Waals surface area contributed by atoms with Crippen molar-refractivity contribution in [1.82, 2.24) is 14.6 Å². The van der Waals surface area contributed by atoms with E-state index in [0.29, 0.717) is 0 Å². The van der Waals surface area contributed by atoms with E-state index < -0.39 is 18.7 Å². The standard InChI is InChI=1S/C8H4ClF4N3/c9-4-1-3(6(10)11)2-5-14-8(7(12)13)15-16(4)5/h1-2,6-7H. The second kappa shape index (κ2) is 3.89. The molecule has 0 saturated carbocycles. The van der Waals surface area contributed by atoms with Gasteiger partial charge in [-0.3, -0.25) is 0 Å². The second-order valence-corrected chi connectivity index (χ2v) is 3.34. The zero-order chi connectivity index (χ0) is 11.9. The molecule has 0 aliphatic rings. The summed E-state index contributed by atoms with van der Waals surface area (Å²) in [4.78, 5) is 3.40. The molecule has 0 unspecified atom stereocenters. The molecule has 0 aliphatic carbocycles. The van der Waals surface area contributed by atoms with Crippen LogP contribution in [0.1, 0.15) is 24.2 Å². The van der Waals surface area contributed by atoms with Crippen molar-refractivity contribution in [3.05, 3.63) is 28.7 Å². The Balaban J connectivity index is 2.63. The zero-order valence-electron chi connectivity index (χ0n) is 7.54. The number of hydrogen-bond donors (Lipinski definition) is 0. The van der Waals surface area contributed by atoms with E-state index >= 15 is 0 Å². The van der Waals surface area contributed by atoms with Gasteiger partial charge in [-0.05, 0) is 12.1 Å². The van der Waals surface area contributed by atoms with Crippen LogP contribution < -0.4 is 0 Å². The van der Waals surface area contributed by atoms with Gasteiger partial charge < -0.3 is 0 Å². The number of hydrogen-bond acceptors (Lipinski definition) is 2. The van der Waals surface area contributed by atoms with E-state index in [-0.39, 0.29) is 16.4 Å². The van der Waals surface area contributed by atoms with E-state index in [1.807, 2.05) is 0 Å². The highest BCUT2D eigenvalue weighted by atomic mass is 35.5. The minimum absolute atomic E-state index is 0.127. The molecule has 0 atom stereocenters. The van der Waals surface area contributed by atoms with E-state index in [4.69, 9.17) is 11.6 Å². The number of rotatable bonds is 2.